The van der Waals surface area contributed by atoms with E-state index in [9.17, 15) is 22.8 Å². The summed E-state index contributed by atoms with van der Waals surface area (Å²) < 4.78 is 46.5. The minimum Gasteiger partial charge on any atom is -0.459 e. The number of hydrogen-bond acceptors (Lipinski definition) is 8. The molecule has 0 radical (unpaired) electrons. The van der Waals surface area contributed by atoms with Gasteiger partial charge in [-0.3, -0.25) is 4.79 Å². The van der Waals surface area contributed by atoms with E-state index in [0.29, 0.717) is 32.0 Å². The van der Waals surface area contributed by atoms with Crippen molar-refractivity contribution in [2.75, 3.05) is 37.7 Å². The van der Waals surface area contributed by atoms with Crippen LogP contribution in [-0.4, -0.2) is 64.7 Å². The van der Waals surface area contributed by atoms with Crippen molar-refractivity contribution in [2.45, 2.75) is 13.1 Å². The Morgan fingerprint density at radius 3 is 2.46 bits per heavy atom. The molecule has 3 heterocycles. The van der Waals surface area contributed by atoms with Crippen LogP contribution in [-0.2, 0) is 20.5 Å². The second kappa shape index (κ2) is 7.82. The normalized spacial score (nSPS) is 14.9. The van der Waals surface area contributed by atoms with Gasteiger partial charge in [-0.15, -0.1) is 0 Å². The van der Waals surface area contributed by atoms with Crippen LogP contribution in [0.2, 0.25) is 0 Å². The number of esters is 1. The van der Waals surface area contributed by atoms with E-state index < -0.39 is 23.9 Å². The lowest BCUT2D eigenvalue weighted by atomic mass is 10.2. The molecule has 2 aromatic heterocycles. The standard InChI is InChI=1S/C16H16F3N5O4/c1-2-27-14(26)13(25)24-7-5-23(6-8-24)11-4-3-10(9-20-11)12-21-15(28-22-12)16(17,18)19/h3-4,9H,2,5-8H2,1H3. The largest absolute Gasteiger partial charge is 0.471 e. The summed E-state index contributed by atoms with van der Waals surface area (Å²) in [6.07, 6.45) is -3.37. The van der Waals surface area contributed by atoms with Crippen molar-refractivity contribution in [2.24, 2.45) is 0 Å². The summed E-state index contributed by atoms with van der Waals surface area (Å²) in [6, 6.07) is 3.14. The maximum atomic E-state index is 12.5. The molecule has 1 amide bonds. The van der Waals surface area contributed by atoms with E-state index in [0.717, 1.165) is 0 Å². The minimum absolute atomic E-state index is 0.131. The predicted molar refractivity (Wildman–Crippen MR) is 88.0 cm³/mol. The number of amides is 1. The fourth-order valence-corrected chi connectivity index (χ4v) is 2.62. The molecule has 1 saturated heterocycles. The summed E-state index contributed by atoms with van der Waals surface area (Å²) in [5.41, 5.74) is 0.277. The molecule has 0 saturated carbocycles. The van der Waals surface area contributed by atoms with Crippen molar-refractivity contribution < 1.29 is 32.0 Å². The van der Waals surface area contributed by atoms with Gasteiger partial charge in [0.05, 0.1) is 6.61 Å². The van der Waals surface area contributed by atoms with Crippen molar-refractivity contribution in [3.63, 3.8) is 0 Å². The summed E-state index contributed by atoms with van der Waals surface area (Å²) >= 11 is 0. The van der Waals surface area contributed by atoms with E-state index in [2.05, 4.69) is 19.6 Å². The molecule has 3 rings (SSSR count). The SMILES string of the molecule is CCOC(=O)C(=O)N1CCN(c2ccc(-c3noc(C(F)(F)F)n3)cn2)CC1. The van der Waals surface area contributed by atoms with Crippen LogP contribution in [0.3, 0.4) is 0 Å². The van der Waals surface area contributed by atoms with E-state index in [1.54, 1.807) is 13.0 Å². The lowest BCUT2D eigenvalue weighted by Crippen LogP contribution is -2.51. The third-order valence-electron chi connectivity index (χ3n) is 4.02. The molecule has 1 fully saturated rings. The minimum atomic E-state index is -4.71. The van der Waals surface area contributed by atoms with Crippen LogP contribution in [0.5, 0.6) is 0 Å². The van der Waals surface area contributed by atoms with E-state index in [1.807, 2.05) is 4.90 Å². The topological polar surface area (TPSA) is 102 Å². The van der Waals surface area contributed by atoms with Gasteiger partial charge in [0.1, 0.15) is 5.82 Å². The average Bonchev–Trinajstić information content (AvgIpc) is 3.19. The van der Waals surface area contributed by atoms with Gasteiger partial charge in [0, 0.05) is 37.9 Å². The van der Waals surface area contributed by atoms with Crippen LogP contribution in [0.25, 0.3) is 11.4 Å². The second-order valence-corrected chi connectivity index (χ2v) is 5.83. The second-order valence-electron chi connectivity index (χ2n) is 5.83. The Balaban J connectivity index is 1.61. The highest BCUT2D eigenvalue weighted by molar-refractivity contribution is 6.32. The van der Waals surface area contributed by atoms with Crippen LogP contribution in [0, 0.1) is 0 Å². The highest BCUT2D eigenvalue weighted by Gasteiger charge is 2.38. The number of piperazine rings is 1. The summed E-state index contributed by atoms with van der Waals surface area (Å²) in [6.45, 7) is 3.28. The molecular formula is C16H16F3N5O4. The molecule has 12 heteroatoms. The first kappa shape index (κ1) is 19.6. The van der Waals surface area contributed by atoms with Gasteiger partial charge in [-0.05, 0) is 19.1 Å². The van der Waals surface area contributed by atoms with Crippen LogP contribution in [0.4, 0.5) is 19.0 Å². The molecule has 2 aromatic rings. The van der Waals surface area contributed by atoms with Crippen molar-refractivity contribution in [3.8, 4) is 11.4 Å². The molecular weight excluding hydrogens is 383 g/mol. The predicted octanol–water partition coefficient (Wildman–Crippen LogP) is 1.36. The number of pyridine rings is 1. The van der Waals surface area contributed by atoms with E-state index in [-0.39, 0.29) is 18.0 Å². The molecule has 1 aliphatic rings. The number of aromatic nitrogens is 3. The van der Waals surface area contributed by atoms with Crippen LogP contribution in [0.1, 0.15) is 12.8 Å². The quantitative estimate of drug-likeness (QED) is 0.563. The molecule has 1 aliphatic heterocycles. The smallest absolute Gasteiger partial charge is 0.459 e. The summed E-state index contributed by atoms with van der Waals surface area (Å²) in [7, 11) is 0. The Hall–Kier alpha value is -3.18. The number of carbonyl (C=O) groups excluding carboxylic acids is 2. The Morgan fingerprint density at radius 1 is 1.21 bits per heavy atom. The van der Waals surface area contributed by atoms with Gasteiger partial charge >= 0.3 is 23.9 Å². The van der Waals surface area contributed by atoms with Crippen molar-refractivity contribution in [3.05, 3.63) is 24.2 Å². The Morgan fingerprint density at radius 2 is 1.93 bits per heavy atom. The number of ether oxygens (including phenoxy) is 1. The zero-order valence-corrected chi connectivity index (χ0v) is 14.8. The number of carbonyl (C=O) groups is 2. The molecule has 0 spiro atoms. The lowest BCUT2D eigenvalue weighted by Gasteiger charge is -2.34. The molecule has 0 N–H and O–H groups in total. The van der Waals surface area contributed by atoms with Gasteiger partial charge in [-0.2, -0.15) is 18.2 Å². The van der Waals surface area contributed by atoms with Crippen LogP contribution >= 0.6 is 0 Å². The summed E-state index contributed by atoms with van der Waals surface area (Å²) in [5, 5.41) is 3.31. The molecule has 150 valence electrons. The number of rotatable bonds is 3. The summed E-state index contributed by atoms with van der Waals surface area (Å²) in [5.74, 6) is -2.61. The van der Waals surface area contributed by atoms with Gasteiger partial charge in [-0.1, -0.05) is 5.16 Å². The number of nitrogens with zero attached hydrogens (tertiary/aromatic N) is 5. The fourth-order valence-electron chi connectivity index (χ4n) is 2.62. The van der Waals surface area contributed by atoms with Gasteiger partial charge in [0.15, 0.2) is 0 Å². The van der Waals surface area contributed by atoms with E-state index in [1.165, 1.54) is 17.2 Å². The van der Waals surface area contributed by atoms with Gasteiger partial charge < -0.3 is 19.1 Å². The first-order valence-corrected chi connectivity index (χ1v) is 8.38. The maximum absolute atomic E-state index is 12.5. The van der Waals surface area contributed by atoms with Gasteiger partial charge in [0.2, 0.25) is 5.82 Å². The van der Waals surface area contributed by atoms with E-state index in [4.69, 9.17) is 4.74 Å². The Labute approximate surface area is 157 Å². The van der Waals surface area contributed by atoms with Crippen LogP contribution in [0.15, 0.2) is 22.9 Å². The maximum Gasteiger partial charge on any atom is 0.471 e. The van der Waals surface area contributed by atoms with Crippen molar-refractivity contribution in [1.29, 1.82) is 0 Å². The van der Waals surface area contributed by atoms with Gasteiger partial charge in [0.25, 0.3) is 0 Å². The highest BCUT2D eigenvalue weighted by Crippen LogP contribution is 2.29. The van der Waals surface area contributed by atoms with Crippen LogP contribution < -0.4 is 4.90 Å². The average molecular weight is 399 g/mol. The first-order chi connectivity index (χ1) is 13.3. The third kappa shape index (κ3) is 4.21. The molecule has 0 bridgehead atoms. The number of alkyl halides is 3. The zero-order chi connectivity index (χ0) is 20.3. The Bertz CT molecular complexity index is 845. The highest BCUT2D eigenvalue weighted by atomic mass is 19.4. The number of hydrogen-bond donors (Lipinski definition) is 0. The Kier molecular flexibility index (Phi) is 5.47. The number of anilines is 1. The summed E-state index contributed by atoms with van der Waals surface area (Å²) in [4.78, 5) is 34.2. The van der Waals surface area contributed by atoms with Gasteiger partial charge in [-0.25, -0.2) is 9.78 Å². The monoisotopic (exact) mass is 399 g/mol. The fraction of sp³-hybridized carbons (Fsp3) is 0.438. The zero-order valence-electron chi connectivity index (χ0n) is 14.8. The molecule has 28 heavy (non-hydrogen) atoms. The number of halogens is 3. The molecule has 0 atom stereocenters. The molecule has 9 nitrogen and oxygen atoms in total. The van der Waals surface area contributed by atoms with E-state index >= 15 is 0 Å². The third-order valence-corrected chi connectivity index (χ3v) is 4.02. The molecule has 0 unspecified atom stereocenters. The molecule has 0 aromatic carbocycles. The van der Waals surface area contributed by atoms with Crippen molar-refractivity contribution in [1.82, 2.24) is 20.0 Å². The lowest BCUT2D eigenvalue weighted by molar-refractivity contribution is -0.160. The van der Waals surface area contributed by atoms with Crippen molar-refractivity contribution >= 4 is 17.7 Å². The first-order valence-electron chi connectivity index (χ1n) is 8.38. The molecule has 0 aliphatic carbocycles.